The molecular weight excluding hydrogens is 941 g/mol. The first-order valence-corrected chi connectivity index (χ1v) is 34.4. The highest BCUT2D eigenvalue weighted by Crippen LogP contribution is 2.47. The zero-order chi connectivity index (χ0) is 48.3. The van der Waals surface area contributed by atoms with Gasteiger partial charge in [-0.3, -0.25) is 0 Å². The van der Waals surface area contributed by atoms with E-state index in [2.05, 4.69) is 142 Å². The van der Waals surface area contributed by atoms with Gasteiger partial charge in [0.05, 0.1) is 0 Å². The van der Waals surface area contributed by atoms with Gasteiger partial charge in [0.25, 0.3) is 0 Å². The first-order valence-electron chi connectivity index (χ1n) is 28.5. The summed E-state index contributed by atoms with van der Waals surface area (Å²) < 4.78 is 0. The largest absolute Gasteiger partial charge is 0.396 e. The van der Waals surface area contributed by atoms with E-state index >= 15 is 0 Å². The maximum atomic E-state index is 9.07. The molecule has 0 radical (unpaired) electrons. The Hall–Kier alpha value is -0.280. The topological polar surface area (TPSA) is 20.2 Å². The molecule has 0 aliphatic heterocycles. The van der Waals surface area contributed by atoms with Crippen molar-refractivity contribution in [3.8, 4) is 0 Å². The lowest BCUT2D eigenvalue weighted by Crippen LogP contribution is -1.94. The number of thioether (sulfide) groups is 6. The smallest absolute Gasteiger partial charge is 0.0431 e. The highest BCUT2D eigenvalue weighted by atomic mass is 32.2. The monoisotopic (exact) mass is 1040 g/mol. The van der Waals surface area contributed by atoms with Gasteiger partial charge in [-0.15, -0.1) is 70.6 Å². The van der Waals surface area contributed by atoms with E-state index in [0.717, 1.165) is 6.42 Å². The first kappa shape index (κ1) is 60.3. The van der Waals surface area contributed by atoms with Crippen LogP contribution < -0.4 is 0 Å². The van der Waals surface area contributed by atoms with Crippen LogP contribution in [0.25, 0.3) is 32.3 Å². The van der Waals surface area contributed by atoms with Gasteiger partial charge in [-0.2, -0.15) is 0 Å². The van der Waals surface area contributed by atoms with Gasteiger partial charge < -0.3 is 5.11 Å². The predicted octanol–water partition coefficient (Wildman–Crippen LogP) is 22.9. The molecule has 4 rings (SSSR count). The molecule has 0 aliphatic rings. The Kier molecular flexibility index (Phi) is 34.8. The number of hydrogen-bond donors (Lipinski definition) is 1. The van der Waals surface area contributed by atoms with E-state index in [0.29, 0.717) is 6.61 Å². The van der Waals surface area contributed by atoms with Crippen LogP contribution in [0.2, 0.25) is 0 Å². The highest BCUT2D eigenvalue weighted by molar-refractivity contribution is 8.03. The second-order valence-corrected chi connectivity index (χ2v) is 26.4. The van der Waals surface area contributed by atoms with Crippen molar-refractivity contribution in [1.82, 2.24) is 0 Å². The molecule has 1 nitrogen and oxygen atoms in total. The molecule has 0 spiro atoms. The quantitative estimate of drug-likeness (QED) is 0.0267. The number of fused-ring (bicyclic) bond motifs is 6. The van der Waals surface area contributed by atoms with E-state index < -0.39 is 0 Å². The Balaban J connectivity index is 1.80. The van der Waals surface area contributed by atoms with E-state index in [1.807, 2.05) is 0 Å². The van der Waals surface area contributed by atoms with Crippen molar-refractivity contribution >= 4 is 103 Å². The SMILES string of the molecule is CCCCCCSc1cc2c3cc(SCCCCCC)c(SCCCCCC)cc3c3cc(SCCCCCCCCCCCCCO)c(SCCCCCC)cc3c2cc1SCCCCCC. The molecule has 1 N–H and O–H groups in total. The van der Waals surface area contributed by atoms with Crippen molar-refractivity contribution < 1.29 is 5.11 Å². The summed E-state index contributed by atoms with van der Waals surface area (Å²) in [5, 5.41) is 17.9. The van der Waals surface area contributed by atoms with E-state index in [9.17, 15) is 0 Å². The number of benzene rings is 4. The molecule has 0 heterocycles. The molecule has 68 heavy (non-hydrogen) atoms. The summed E-state index contributed by atoms with van der Waals surface area (Å²) in [5.41, 5.74) is 0. The predicted molar refractivity (Wildman–Crippen MR) is 322 cm³/mol. The first-order chi connectivity index (χ1) is 33.6. The van der Waals surface area contributed by atoms with Crippen molar-refractivity contribution in [3.63, 3.8) is 0 Å². The van der Waals surface area contributed by atoms with E-state index in [-0.39, 0.29) is 0 Å². The normalized spacial score (nSPS) is 11.9. The molecule has 0 saturated heterocycles. The molecule has 0 bridgehead atoms. The lowest BCUT2D eigenvalue weighted by Gasteiger charge is -2.20. The summed E-state index contributed by atoms with van der Waals surface area (Å²) in [5.74, 6) is 7.27. The minimum atomic E-state index is 0.351. The third kappa shape index (κ3) is 22.9. The van der Waals surface area contributed by atoms with E-state index in [1.54, 1.807) is 0 Å². The highest BCUT2D eigenvalue weighted by Gasteiger charge is 2.19. The molecule has 0 saturated carbocycles. The molecule has 0 amide bonds. The van der Waals surface area contributed by atoms with Crippen LogP contribution in [-0.2, 0) is 0 Å². The summed E-state index contributed by atoms with van der Waals surface area (Å²) in [6, 6.07) is 16.0. The fourth-order valence-electron chi connectivity index (χ4n) is 9.24. The van der Waals surface area contributed by atoms with Crippen LogP contribution in [0.15, 0.2) is 65.8 Å². The molecule has 7 heteroatoms. The fourth-order valence-corrected chi connectivity index (χ4v) is 16.1. The number of aliphatic hydroxyl groups is 1. The molecule has 384 valence electrons. The van der Waals surface area contributed by atoms with E-state index in [4.69, 9.17) is 5.11 Å². The lowest BCUT2D eigenvalue weighted by molar-refractivity contribution is 0.282. The van der Waals surface area contributed by atoms with Gasteiger partial charge in [0, 0.05) is 36.0 Å². The average molecular weight is 1040 g/mol. The van der Waals surface area contributed by atoms with Gasteiger partial charge in [0.15, 0.2) is 0 Å². The summed E-state index contributed by atoms with van der Waals surface area (Å²) >= 11 is 12.9. The Morgan fingerprint density at radius 2 is 0.397 bits per heavy atom. The van der Waals surface area contributed by atoms with Crippen LogP contribution in [0.1, 0.15) is 234 Å². The van der Waals surface area contributed by atoms with Gasteiger partial charge in [0.2, 0.25) is 0 Å². The zero-order valence-corrected chi connectivity index (χ0v) is 49.1. The third-order valence-corrected chi connectivity index (χ3v) is 20.7. The van der Waals surface area contributed by atoms with E-state index in [1.165, 1.54) is 289 Å². The summed E-state index contributed by atoms with van der Waals surface area (Å²) in [4.78, 5) is 9.12. The molecular formula is C61H98OS6. The van der Waals surface area contributed by atoms with Crippen molar-refractivity contribution in [2.45, 2.75) is 263 Å². The van der Waals surface area contributed by atoms with Gasteiger partial charge in [-0.25, -0.2) is 0 Å². The minimum Gasteiger partial charge on any atom is -0.396 e. The fraction of sp³-hybridized carbons (Fsp3) is 0.705. The van der Waals surface area contributed by atoms with Crippen molar-refractivity contribution in [2.24, 2.45) is 0 Å². The Morgan fingerprint density at radius 3 is 0.574 bits per heavy atom. The molecule has 0 fully saturated rings. The number of unbranched alkanes of at least 4 members (excludes halogenated alkanes) is 25. The second kappa shape index (κ2) is 39.2. The second-order valence-electron chi connectivity index (χ2n) is 19.5. The maximum Gasteiger partial charge on any atom is 0.0431 e. The van der Waals surface area contributed by atoms with Gasteiger partial charge in [-0.05, 0) is 148 Å². The van der Waals surface area contributed by atoms with Crippen LogP contribution in [0.5, 0.6) is 0 Å². The summed E-state index contributed by atoms with van der Waals surface area (Å²) in [6.45, 7) is 12.0. The molecule has 4 aromatic rings. The molecule has 0 unspecified atom stereocenters. The zero-order valence-electron chi connectivity index (χ0n) is 44.2. The lowest BCUT2D eigenvalue weighted by atomic mass is 9.94. The van der Waals surface area contributed by atoms with Crippen LogP contribution >= 0.6 is 70.6 Å². The maximum absolute atomic E-state index is 9.07. The minimum absolute atomic E-state index is 0.351. The Labute approximate surface area is 445 Å². The third-order valence-electron chi connectivity index (χ3n) is 13.5. The van der Waals surface area contributed by atoms with Crippen molar-refractivity contribution in [2.75, 3.05) is 41.1 Å². The van der Waals surface area contributed by atoms with Crippen molar-refractivity contribution in [3.05, 3.63) is 36.4 Å². The van der Waals surface area contributed by atoms with Crippen molar-refractivity contribution in [1.29, 1.82) is 0 Å². The molecule has 0 aliphatic carbocycles. The van der Waals surface area contributed by atoms with Crippen LogP contribution in [0, 0.1) is 0 Å². The number of rotatable bonds is 44. The van der Waals surface area contributed by atoms with Gasteiger partial charge in [-0.1, -0.05) is 189 Å². The Morgan fingerprint density at radius 1 is 0.235 bits per heavy atom. The number of aliphatic hydroxyl groups excluding tert-OH is 1. The van der Waals surface area contributed by atoms with Crippen LogP contribution in [-0.4, -0.2) is 46.2 Å². The number of hydrogen-bond acceptors (Lipinski definition) is 7. The van der Waals surface area contributed by atoms with Crippen LogP contribution in [0.3, 0.4) is 0 Å². The average Bonchev–Trinajstić information content (AvgIpc) is 3.35. The summed E-state index contributed by atoms with van der Waals surface area (Å²) in [6.07, 6.45) is 40.7. The molecule has 0 aromatic heterocycles. The summed E-state index contributed by atoms with van der Waals surface area (Å²) in [7, 11) is 0. The van der Waals surface area contributed by atoms with Crippen LogP contribution in [0.4, 0.5) is 0 Å². The Bertz CT molecular complexity index is 1860. The molecule has 0 atom stereocenters. The van der Waals surface area contributed by atoms with Gasteiger partial charge >= 0.3 is 0 Å². The van der Waals surface area contributed by atoms with Gasteiger partial charge in [0.1, 0.15) is 0 Å². The standard InChI is InChI=1S/C61H98OS6/c1-6-11-16-31-38-63-56-44-50-51-45-57(64-39-32-17-12-7-2)59(66-41-34-19-14-9-4)47-53(51)55-49-61(68-43-36-29-27-25-23-21-22-24-26-28-30-37-62)60(67-42-35-20-15-10-5)48-54(55)52(50)46-58(56)65-40-33-18-13-8-3/h44-49,62H,6-43H2,1-5H3. The molecule has 4 aromatic carbocycles.